The van der Waals surface area contributed by atoms with Crippen molar-refractivity contribution in [2.45, 2.75) is 0 Å². The molecule has 0 aliphatic rings. The van der Waals surface area contributed by atoms with E-state index in [1.807, 2.05) is 36.4 Å². The summed E-state index contributed by atoms with van der Waals surface area (Å²) in [5, 5.41) is 14.9. The van der Waals surface area contributed by atoms with Crippen LogP contribution in [-0.4, -0.2) is 31.1 Å². The Morgan fingerprint density at radius 1 is 1.04 bits per heavy atom. The van der Waals surface area contributed by atoms with Crippen molar-refractivity contribution in [3.8, 4) is 5.69 Å². The molecule has 0 saturated carbocycles. The molecule has 0 bridgehead atoms. The molecular weight excluding hydrogens is 304 g/mol. The van der Waals surface area contributed by atoms with Gasteiger partial charge in [0, 0.05) is 5.39 Å². The molecule has 0 atom stereocenters. The zero-order valence-corrected chi connectivity index (χ0v) is 12.5. The van der Waals surface area contributed by atoms with Crippen LogP contribution in [0.1, 0.15) is 10.4 Å². The van der Waals surface area contributed by atoms with Gasteiger partial charge in [-0.2, -0.15) is 4.68 Å². The summed E-state index contributed by atoms with van der Waals surface area (Å²) in [7, 11) is 0. The fourth-order valence-electron chi connectivity index (χ4n) is 2.47. The number of hydrogen-bond acceptors (Lipinski definition) is 5. The summed E-state index contributed by atoms with van der Waals surface area (Å²) in [6.45, 7) is 0. The number of amides is 1. The molecule has 2 aromatic carbocycles. The van der Waals surface area contributed by atoms with Crippen molar-refractivity contribution in [1.82, 2.24) is 25.2 Å². The molecule has 0 unspecified atom stereocenters. The summed E-state index contributed by atoms with van der Waals surface area (Å²) in [6, 6.07) is 16.7. The number of rotatable bonds is 3. The van der Waals surface area contributed by atoms with Gasteiger partial charge in [-0.3, -0.25) is 9.78 Å². The lowest BCUT2D eigenvalue weighted by Crippen LogP contribution is -2.15. The number of pyridine rings is 1. The molecule has 24 heavy (non-hydrogen) atoms. The van der Waals surface area contributed by atoms with Crippen LogP contribution in [0.25, 0.3) is 16.6 Å². The van der Waals surface area contributed by atoms with Crippen LogP contribution in [0.5, 0.6) is 0 Å². The Morgan fingerprint density at radius 3 is 2.75 bits per heavy atom. The molecule has 1 N–H and O–H groups in total. The molecule has 4 rings (SSSR count). The molecule has 0 saturated heterocycles. The minimum absolute atomic E-state index is 0.252. The van der Waals surface area contributed by atoms with Gasteiger partial charge in [0.15, 0.2) is 0 Å². The zero-order valence-electron chi connectivity index (χ0n) is 12.5. The van der Waals surface area contributed by atoms with Crippen molar-refractivity contribution in [3.63, 3.8) is 0 Å². The van der Waals surface area contributed by atoms with Crippen molar-refractivity contribution in [2.24, 2.45) is 0 Å². The first kappa shape index (κ1) is 14.0. The van der Waals surface area contributed by atoms with Gasteiger partial charge in [0.2, 0.25) is 0 Å². The number of nitrogens with zero attached hydrogens (tertiary/aromatic N) is 5. The maximum atomic E-state index is 12.6. The highest BCUT2D eigenvalue weighted by Gasteiger charge is 2.13. The largest absolute Gasteiger partial charge is 0.321 e. The maximum absolute atomic E-state index is 12.6. The summed E-state index contributed by atoms with van der Waals surface area (Å²) in [5.41, 5.74) is 2.58. The van der Waals surface area contributed by atoms with E-state index in [0.29, 0.717) is 16.9 Å². The lowest BCUT2D eigenvalue weighted by molar-refractivity contribution is 0.102. The van der Waals surface area contributed by atoms with Crippen LogP contribution in [0.3, 0.4) is 0 Å². The minimum Gasteiger partial charge on any atom is -0.321 e. The summed E-state index contributed by atoms with van der Waals surface area (Å²) < 4.78 is 1.45. The third kappa shape index (κ3) is 2.58. The number of fused-ring (bicyclic) bond motifs is 1. The molecule has 0 aliphatic heterocycles. The number of carbonyl (C=O) groups excluding carboxylic acids is 1. The van der Waals surface area contributed by atoms with Gasteiger partial charge in [-0.1, -0.05) is 30.3 Å². The number of anilines is 1. The second-order valence-electron chi connectivity index (χ2n) is 5.14. The maximum Gasteiger partial charge on any atom is 0.257 e. The van der Waals surface area contributed by atoms with Crippen LogP contribution in [0.4, 0.5) is 5.69 Å². The lowest BCUT2D eigenvalue weighted by atomic mass is 10.1. The zero-order chi connectivity index (χ0) is 16.4. The average Bonchev–Trinajstić information content (AvgIpc) is 3.16. The molecule has 4 aromatic rings. The van der Waals surface area contributed by atoms with Crippen LogP contribution in [-0.2, 0) is 0 Å². The highest BCUT2D eigenvalue weighted by atomic mass is 16.1. The molecule has 1 amide bonds. The van der Waals surface area contributed by atoms with Crippen molar-refractivity contribution in [1.29, 1.82) is 0 Å². The monoisotopic (exact) mass is 316 g/mol. The van der Waals surface area contributed by atoms with Crippen molar-refractivity contribution >= 4 is 22.5 Å². The van der Waals surface area contributed by atoms with Crippen molar-refractivity contribution < 1.29 is 4.79 Å². The van der Waals surface area contributed by atoms with Gasteiger partial charge in [-0.15, -0.1) is 5.10 Å². The Balaban J connectivity index is 1.67. The normalized spacial score (nSPS) is 10.7. The van der Waals surface area contributed by atoms with Gasteiger partial charge in [-0.25, -0.2) is 0 Å². The molecule has 7 heteroatoms. The quantitative estimate of drug-likeness (QED) is 0.627. The standard InChI is InChI=1S/C17H12N6O/c24-17(14-6-2-4-8-16(14)23-11-19-21-22-23)20-13-9-12-5-1-3-7-15(12)18-10-13/h1-11H,(H,20,24). The summed E-state index contributed by atoms with van der Waals surface area (Å²) >= 11 is 0. The fourth-order valence-corrected chi connectivity index (χ4v) is 2.47. The molecule has 0 aliphatic carbocycles. The van der Waals surface area contributed by atoms with Gasteiger partial charge < -0.3 is 5.32 Å². The van der Waals surface area contributed by atoms with E-state index in [1.54, 1.807) is 24.4 Å². The van der Waals surface area contributed by atoms with Gasteiger partial charge >= 0.3 is 0 Å². The molecule has 2 heterocycles. The number of tetrazole rings is 1. The Labute approximate surface area is 137 Å². The molecule has 7 nitrogen and oxygen atoms in total. The third-order valence-corrected chi connectivity index (χ3v) is 3.59. The number of hydrogen-bond donors (Lipinski definition) is 1. The Morgan fingerprint density at radius 2 is 1.88 bits per heavy atom. The lowest BCUT2D eigenvalue weighted by Gasteiger charge is -2.09. The second-order valence-corrected chi connectivity index (χ2v) is 5.14. The van der Waals surface area contributed by atoms with Gasteiger partial charge in [0.25, 0.3) is 5.91 Å². The van der Waals surface area contributed by atoms with Gasteiger partial charge in [-0.05, 0) is 34.7 Å². The average molecular weight is 316 g/mol. The number of carbonyl (C=O) groups is 1. The van der Waals surface area contributed by atoms with Crippen LogP contribution >= 0.6 is 0 Å². The van der Waals surface area contributed by atoms with Crippen LogP contribution in [0.15, 0.2) is 67.1 Å². The molecule has 2 aromatic heterocycles. The third-order valence-electron chi connectivity index (χ3n) is 3.59. The first-order chi connectivity index (χ1) is 11.8. The number of nitrogens with one attached hydrogen (secondary N) is 1. The van der Waals surface area contributed by atoms with E-state index < -0.39 is 0 Å². The fraction of sp³-hybridized carbons (Fsp3) is 0. The van der Waals surface area contributed by atoms with Crippen LogP contribution < -0.4 is 5.32 Å². The predicted molar refractivity (Wildman–Crippen MR) is 88.9 cm³/mol. The molecule has 0 spiro atoms. The Kier molecular flexibility index (Phi) is 3.43. The molecule has 116 valence electrons. The number of aromatic nitrogens is 5. The van der Waals surface area contributed by atoms with Crippen molar-refractivity contribution in [2.75, 3.05) is 5.32 Å². The van der Waals surface area contributed by atoms with Crippen molar-refractivity contribution in [3.05, 3.63) is 72.7 Å². The van der Waals surface area contributed by atoms with Gasteiger partial charge in [0.1, 0.15) is 6.33 Å². The summed E-state index contributed by atoms with van der Waals surface area (Å²) in [4.78, 5) is 17.0. The van der Waals surface area contributed by atoms with Crippen LogP contribution in [0.2, 0.25) is 0 Å². The van der Waals surface area contributed by atoms with E-state index in [0.717, 1.165) is 10.9 Å². The minimum atomic E-state index is -0.252. The van der Waals surface area contributed by atoms with E-state index >= 15 is 0 Å². The van der Waals surface area contributed by atoms with Crippen LogP contribution in [0, 0.1) is 0 Å². The summed E-state index contributed by atoms with van der Waals surface area (Å²) in [6.07, 6.45) is 3.09. The van der Waals surface area contributed by atoms with E-state index in [9.17, 15) is 4.79 Å². The first-order valence-corrected chi connectivity index (χ1v) is 7.30. The van der Waals surface area contributed by atoms with E-state index in [2.05, 4.69) is 25.8 Å². The first-order valence-electron chi connectivity index (χ1n) is 7.30. The Hall–Kier alpha value is -3.61. The molecule has 0 fully saturated rings. The highest BCUT2D eigenvalue weighted by molar-refractivity contribution is 6.07. The highest BCUT2D eigenvalue weighted by Crippen LogP contribution is 2.18. The predicted octanol–water partition coefficient (Wildman–Crippen LogP) is 2.46. The number of para-hydroxylation sites is 2. The smallest absolute Gasteiger partial charge is 0.257 e. The van der Waals surface area contributed by atoms with Gasteiger partial charge in [0.05, 0.1) is 28.7 Å². The van der Waals surface area contributed by atoms with E-state index in [1.165, 1.54) is 11.0 Å². The topological polar surface area (TPSA) is 85.6 Å². The Bertz CT molecular complexity index is 1010. The molecule has 0 radical (unpaired) electrons. The van der Waals surface area contributed by atoms with E-state index in [-0.39, 0.29) is 5.91 Å². The SMILES string of the molecule is O=C(Nc1cnc2ccccc2c1)c1ccccc1-n1cnnn1. The second kappa shape index (κ2) is 5.88. The van der Waals surface area contributed by atoms with E-state index in [4.69, 9.17) is 0 Å². The molecular formula is C17H12N6O. The summed E-state index contributed by atoms with van der Waals surface area (Å²) in [5.74, 6) is -0.252. The number of benzene rings is 2.